The molecular formula is C7H15O7PS. The molecule has 0 aromatic carbocycles. The summed E-state index contributed by atoms with van der Waals surface area (Å²) >= 11 is 0. The molecule has 0 aromatic heterocycles. The second-order valence-electron chi connectivity index (χ2n) is 2.76. The maximum atomic E-state index is 11.8. The van der Waals surface area contributed by atoms with E-state index in [2.05, 4.69) is 4.18 Å². The van der Waals surface area contributed by atoms with E-state index in [0.717, 1.165) is 6.26 Å². The number of rotatable bonds is 7. The van der Waals surface area contributed by atoms with Crippen LogP contribution in [-0.2, 0) is 32.7 Å². The average Bonchev–Trinajstić information content (AvgIpc) is 1.99. The third-order valence-electron chi connectivity index (χ3n) is 1.22. The summed E-state index contributed by atoms with van der Waals surface area (Å²) in [6.45, 7) is 3.33. The number of hydrogen-bond acceptors (Lipinski definition) is 7. The summed E-state index contributed by atoms with van der Waals surface area (Å²) < 4.78 is 46.6. The largest absolute Gasteiger partial charge is 0.345 e. The van der Waals surface area contributed by atoms with Crippen molar-refractivity contribution in [3.05, 3.63) is 0 Å². The Hall–Kier alpha value is -0.430. The molecule has 0 aliphatic carbocycles. The van der Waals surface area contributed by atoms with Crippen LogP contribution in [-0.4, -0.2) is 40.0 Å². The van der Waals surface area contributed by atoms with Gasteiger partial charge in [-0.3, -0.25) is 9.36 Å². The normalized spacial score (nSPS) is 12.4. The van der Waals surface area contributed by atoms with Crippen LogP contribution in [0.3, 0.4) is 0 Å². The lowest BCUT2D eigenvalue weighted by atomic mass is 10.8. The summed E-state index contributed by atoms with van der Waals surface area (Å²) in [6.07, 6.45) is -0.00106. The van der Waals surface area contributed by atoms with Crippen molar-refractivity contribution in [2.75, 3.05) is 25.6 Å². The molecular weight excluding hydrogens is 259 g/mol. The van der Waals surface area contributed by atoms with Crippen LogP contribution in [0, 0.1) is 0 Å². The van der Waals surface area contributed by atoms with E-state index in [0.29, 0.717) is 0 Å². The van der Waals surface area contributed by atoms with E-state index >= 15 is 0 Å². The number of carbonyl (C=O) groups excluding carboxylic acids is 1. The van der Waals surface area contributed by atoms with E-state index in [1.54, 1.807) is 13.8 Å². The highest BCUT2D eigenvalue weighted by atomic mass is 32.2. The summed E-state index contributed by atoms with van der Waals surface area (Å²) in [4.78, 5) is 11.1. The summed E-state index contributed by atoms with van der Waals surface area (Å²) in [5.74, 6) is -1.16. The third-order valence-corrected chi connectivity index (χ3v) is 3.66. The Morgan fingerprint density at radius 2 is 1.62 bits per heavy atom. The van der Waals surface area contributed by atoms with Crippen LogP contribution >= 0.6 is 7.60 Å². The second-order valence-corrected chi connectivity index (χ2v) is 6.39. The van der Waals surface area contributed by atoms with Crippen molar-refractivity contribution in [1.82, 2.24) is 0 Å². The molecule has 16 heavy (non-hydrogen) atoms. The van der Waals surface area contributed by atoms with Crippen molar-refractivity contribution < 1.29 is 31.0 Å². The van der Waals surface area contributed by atoms with Gasteiger partial charge in [0.25, 0.3) is 0 Å². The first-order valence-electron chi connectivity index (χ1n) is 4.53. The minimum absolute atomic E-state index is 0.0867. The van der Waals surface area contributed by atoms with E-state index in [9.17, 15) is 17.8 Å². The zero-order valence-corrected chi connectivity index (χ0v) is 11.0. The molecule has 0 aromatic rings. The van der Waals surface area contributed by atoms with E-state index in [1.807, 2.05) is 0 Å². The van der Waals surface area contributed by atoms with Crippen LogP contribution in [0.25, 0.3) is 0 Å². The SMILES string of the molecule is CCOP(=O)(CC(=O)OS(C)(=O)=O)OCC. The van der Waals surface area contributed by atoms with Crippen LogP contribution in [0.2, 0.25) is 0 Å². The molecule has 96 valence electrons. The first-order chi connectivity index (χ1) is 7.22. The average molecular weight is 274 g/mol. The molecule has 0 amide bonds. The fraction of sp³-hybridized carbons (Fsp3) is 0.857. The lowest BCUT2D eigenvalue weighted by molar-refractivity contribution is -0.131. The Bertz CT molecular complexity index is 364. The van der Waals surface area contributed by atoms with E-state index < -0.39 is 29.8 Å². The molecule has 7 nitrogen and oxygen atoms in total. The summed E-state index contributed by atoms with van der Waals surface area (Å²) in [6, 6.07) is 0. The van der Waals surface area contributed by atoms with Gasteiger partial charge in [-0.25, -0.2) is 0 Å². The monoisotopic (exact) mass is 274 g/mol. The Morgan fingerprint density at radius 3 is 1.94 bits per heavy atom. The molecule has 0 spiro atoms. The predicted molar refractivity (Wildman–Crippen MR) is 56.7 cm³/mol. The Labute approximate surface area is 94.7 Å². The molecule has 0 rings (SSSR count). The molecule has 0 atom stereocenters. The molecule has 0 fully saturated rings. The standard InChI is InChI=1S/C7H15O7PS/c1-4-12-15(9,13-5-2)6-7(8)14-16(3,10)11/h4-6H2,1-3H3. The molecule has 9 heteroatoms. The molecule has 0 bridgehead atoms. The van der Waals surface area contributed by atoms with Gasteiger partial charge in [-0.15, -0.1) is 0 Å². The maximum Gasteiger partial charge on any atom is 0.341 e. The smallest absolute Gasteiger partial charge is 0.341 e. The third kappa shape index (κ3) is 6.95. The molecule has 0 saturated heterocycles. The van der Waals surface area contributed by atoms with Crippen molar-refractivity contribution in [2.45, 2.75) is 13.8 Å². The summed E-state index contributed by atoms with van der Waals surface area (Å²) in [5.41, 5.74) is 0. The number of hydrogen-bond donors (Lipinski definition) is 0. The Balaban J connectivity index is 4.52. The van der Waals surface area contributed by atoms with Gasteiger partial charge >= 0.3 is 23.7 Å². The first kappa shape index (κ1) is 15.6. The Morgan fingerprint density at radius 1 is 1.19 bits per heavy atom. The number of carbonyl (C=O) groups is 1. The molecule has 0 radical (unpaired) electrons. The zero-order valence-electron chi connectivity index (χ0n) is 9.33. The fourth-order valence-electron chi connectivity index (χ4n) is 0.875. The highest BCUT2D eigenvalue weighted by Gasteiger charge is 2.30. The van der Waals surface area contributed by atoms with Gasteiger partial charge in [0, 0.05) is 0 Å². The van der Waals surface area contributed by atoms with Gasteiger partial charge in [-0.1, -0.05) is 0 Å². The first-order valence-corrected chi connectivity index (χ1v) is 8.07. The Kier molecular flexibility index (Phi) is 6.17. The molecule has 0 aliphatic heterocycles. The highest BCUT2D eigenvalue weighted by Crippen LogP contribution is 2.47. The van der Waals surface area contributed by atoms with E-state index in [4.69, 9.17) is 9.05 Å². The molecule has 0 heterocycles. The summed E-state index contributed by atoms with van der Waals surface area (Å²) in [5, 5.41) is 0. The van der Waals surface area contributed by atoms with E-state index in [-0.39, 0.29) is 13.2 Å². The predicted octanol–water partition coefficient (Wildman–Crippen LogP) is 0.755. The summed E-state index contributed by atoms with van der Waals surface area (Å²) in [7, 11) is -7.51. The quantitative estimate of drug-likeness (QED) is 0.499. The maximum absolute atomic E-state index is 11.8. The molecule has 0 saturated carbocycles. The van der Waals surface area contributed by atoms with E-state index in [1.165, 1.54) is 0 Å². The van der Waals surface area contributed by atoms with Crippen molar-refractivity contribution in [2.24, 2.45) is 0 Å². The van der Waals surface area contributed by atoms with Crippen LogP contribution in [0.5, 0.6) is 0 Å². The topological polar surface area (TPSA) is 96.0 Å². The van der Waals surface area contributed by atoms with Crippen molar-refractivity contribution in [3.63, 3.8) is 0 Å². The van der Waals surface area contributed by atoms with Gasteiger partial charge in [-0.2, -0.15) is 8.42 Å². The molecule has 0 aliphatic rings. The van der Waals surface area contributed by atoms with Crippen molar-refractivity contribution in [3.8, 4) is 0 Å². The lowest BCUT2D eigenvalue weighted by Crippen LogP contribution is -2.16. The second kappa shape index (κ2) is 6.34. The van der Waals surface area contributed by atoms with Crippen LogP contribution in [0.4, 0.5) is 0 Å². The van der Waals surface area contributed by atoms with Gasteiger partial charge in [0.15, 0.2) is 0 Å². The zero-order chi connectivity index (χ0) is 12.8. The minimum atomic E-state index is -3.91. The highest BCUT2D eigenvalue weighted by molar-refractivity contribution is 7.86. The van der Waals surface area contributed by atoms with Crippen molar-refractivity contribution >= 4 is 23.7 Å². The van der Waals surface area contributed by atoms with Gasteiger partial charge < -0.3 is 13.2 Å². The van der Waals surface area contributed by atoms with Gasteiger partial charge in [0.1, 0.15) is 6.16 Å². The van der Waals surface area contributed by atoms with Crippen LogP contribution in [0.15, 0.2) is 0 Å². The van der Waals surface area contributed by atoms with Crippen LogP contribution < -0.4 is 0 Å². The van der Waals surface area contributed by atoms with Crippen LogP contribution in [0.1, 0.15) is 13.8 Å². The minimum Gasteiger partial charge on any atom is -0.345 e. The van der Waals surface area contributed by atoms with Gasteiger partial charge in [-0.05, 0) is 13.8 Å². The van der Waals surface area contributed by atoms with Gasteiger partial charge in [0.2, 0.25) is 0 Å². The lowest BCUT2D eigenvalue weighted by Gasteiger charge is -2.15. The van der Waals surface area contributed by atoms with Gasteiger partial charge in [0.05, 0.1) is 19.5 Å². The molecule has 0 N–H and O–H groups in total. The molecule has 0 unspecified atom stereocenters. The van der Waals surface area contributed by atoms with Crippen molar-refractivity contribution in [1.29, 1.82) is 0 Å². The fourth-order valence-corrected chi connectivity index (χ4v) is 2.78.